The molecule has 0 saturated heterocycles. The Hall–Kier alpha value is -7.78. The van der Waals surface area contributed by atoms with Crippen molar-refractivity contribution in [3.05, 3.63) is 216 Å². The highest BCUT2D eigenvalue weighted by molar-refractivity contribution is 6.27. The zero-order valence-corrected chi connectivity index (χ0v) is 30.6. The Morgan fingerprint density at radius 2 is 0.661 bits per heavy atom. The normalized spacial score (nSPS) is 10.7. The lowest BCUT2D eigenvalue weighted by atomic mass is 9.77. The Bertz CT molecular complexity index is 2990. The molecule has 0 radical (unpaired) electrons. The van der Waals surface area contributed by atoms with Gasteiger partial charge in [-0.3, -0.25) is 0 Å². The number of anilines is 2. The summed E-state index contributed by atoms with van der Waals surface area (Å²) in [6.45, 7) is 0. The standard InChI is InChI=1S/C54H36N2/c55-46-36-35-43-44(33-31-37-19-7-1-8-20-37)52-50(42-29-17-6-18-30-42)54(56)49(41-27-15-5-16-28-41)48(40-25-13-4-14-26-40)53(52)45(34-32-38-21-9-2-10-22-38)51(43)47(46)39-23-11-3-12-24-39/h1-30,35-36H,55-56H2. The largest absolute Gasteiger partial charge is 0.398 e. The highest BCUT2D eigenvalue weighted by atomic mass is 14.6. The van der Waals surface area contributed by atoms with Crippen molar-refractivity contribution in [1.82, 2.24) is 0 Å². The summed E-state index contributed by atoms with van der Waals surface area (Å²) in [6.07, 6.45) is 0. The Morgan fingerprint density at radius 3 is 1.14 bits per heavy atom. The molecule has 0 aliphatic rings. The van der Waals surface area contributed by atoms with Crippen LogP contribution in [0.1, 0.15) is 22.3 Å². The quantitative estimate of drug-likeness (QED) is 0.108. The molecule has 4 N–H and O–H groups in total. The first-order chi connectivity index (χ1) is 27.7. The molecule has 0 aromatic heterocycles. The number of hydrogen-bond acceptors (Lipinski definition) is 2. The van der Waals surface area contributed by atoms with Crippen molar-refractivity contribution in [1.29, 1.82) is 0 Å². The summed E-state index contributed by atoms with van der Waals surface area (Å²) in [4.78, 5) is 0. The summed E-state index contributed by atoms with van der Waals surface area (Å²) < 4.78 is 0. The first-order valence-electron chi connectivity index (χ1n) is 18.7. The minimum atomic E-state index is 0.663. The lowest BCUT2D eigenvalue weighted by Gasteiger charge is -2.25. The highest BCUT2D eigenvalue weighted by Crippen LogP contribution is 2.53. The molecule has 0 aliphatic heterocycles. The molecule has 0 saturated carbocycles. The van der Waals surface area contributed by atoms with E-state index in [4.69, 9.17) is 11.5 Å². The number of nitrogens with two attached hydrogens (primary N) is 2. The van der Waals surface area contributed by atoms with Crippen LogP contribution in [0, 0.1) is 23.7 Å². The van der Waals surface area contributed by atoms with Crippen LogP contribution in [0.4, 0.5) is 11.4 Å². The van der Waals surface area contributed by atoms with E-state index >= 15 is 0 Å². The van der Waals surface area contributed by atoms with Crippen LogP contribution in [-0.2, 0) is 0 Å². The first-order valence-corrected chi connectivity index (χ1v) is 18.7. The average Bonchev–Trinajstić information content (AvgIpc) is 3.26. The molecule has 262 valence electrons. The maximum atomic E-state index is 7.63. The van der Waals surface area contributed by atoms with E-state index in [9.17, 15) is 0 Å². The molecule has 2 heteroatoms. The second kappa shape index (κ2) is 14.9. The minimum Gasteiger partial charge on any atom is -0.398 e. The van der Waals surface area contributed by atoms with Crippen LogP contribution in [0.15, 0.2) is 194 Å². The molecular weight excluding hydrogens is 677 g/mol. The third-order valence-electron chi connectivity index (χ3n) is 10.3. The fourth-order valence-corrected chi connectivity index (χ4v) is 7.80. The topological polar surface area (TPSA) is 52.0 Å². The zero-order chi connectivity index (χ0) is 37.8. The van der Waals surface area contributed by atoms with Crippen molar-refractivity contribution in [2.45, 2.75) is 0 Å². The molecule has 0 fully saturated rings. The summed E-state index contributed by atoms with van der Waals surface area (Å²) >= 11 is 0. The molecule has 0 bridgehead atoms. The van der Waals surface area contributed by atoms with Gasteiger partial charge in [-0.2, -0.15) is 0 Å². The maximum Gasteiger partial charge on any atom is 0.0486 e. The van der Waals surface area contributed by atoms with Gasteiger partial charge in [-0.25, -0.2) is 0 Å². The van der Waals surface area contributed by atoms with Gasteiger partial charge in [-0.15, -0.1) is 0 Å². The van der Waals surface area contributed by atoms with Crippen LogP contribution in [0.2, 0.25) is 0 Å². The van der Waals surface area contributed by atoms with E-state index in [1.165, 1.54) is 0 Å². The Kier molecular flexibility index (Phi) is 9.06. The fraction of sp³-hybridized carbons (Fsp3) is 0. The number of fused-ring (bicyclic) bond motifs is 2. The molecule has 0 aliphatic carbocycles. The van der Waals surface area contributed by atoms with Crippen LogP contribution in [0.5, 0.6) is 0 Å². The van der Waals surface area contributed by atoms with E-state index < -0.39 is 0 Å². The molecule has 0 atom stereocenters. The van der Waals surface area contributed by atoms with E-state index in [1.54, 1.807) is 0 Å². The third kappa shape index (κ3) is 6.22. The van der Waals surface area contributed by atoms with E-state index in [0.29, 0.717) is 11.4 Å². The van der Waals surface area contributed by atoms with E-state index in [0.717, 1.165) is 88.3 Å². The van der Waals surface area contributed by atoms with Crippen LogP contribution in [0.3, 0.4) is 0 Å². The molecular formula is C54H36N2. The molecule has 9 rings (SSSR count). The van der Waals surface area contributed by atoms with Crippen molar-refractivity contribution in [2.24, 2.45) is 0 Å². The predicted molar refractivity (Wildman–Crippen MR) is 237 cm³/mol. The number of hydrogen-bond donors (Lipinski definition) is 2. The van der Waals surface area contributed by atoms with E-state index in [-0.39, 0.29) is 0 Å². The summed E-state index contributed by atoms with van der Waals surface area (Å²) in [7, 11) is 0. The zero-order valence-electron chi connectivity index (χ0n) is 30.6. The van der Waals surface area contributed by atoms with Crippen molar-refractivity contribution < 1.29 is 0 Å². The van der Waals surface area contributed by atoms with Gasteiger partial charge < -0.3 is 11.5 Å². The first kappa shape index (κ1) is 34.0. The summed E-state index contributed by atoms with van der Waals surface area (Å²) in [5.41, 5.74) is 27.4. The van der Waals surface area contributed by atoms with Gasteiger partial charge in [0.15, 0.2) is 0 Å². The Balaban J connectivity index is 1.63. The third-order valence-corrected chi connectivity index (χ3v) is 10.3. The number of rotatable bonds is 4. The molecule has 56 heavy (non-hydrogen) atoms. The SMILES string of the molecule is Nc1ccc2c(C#Cc3ccccc3)c3c(-c4ccccc4)c(N)c(-c4ccccc4)c(-c4ccccc4)c3c(C#Cc3ccccc3)c2c1-c1ccccc1. The second-order valence-electron chi connectivity index (χ2n) is 13.7. The van der Waals surface area contributed by atoms with Gasteiger partial charge in [0.05, 0.1) is 0 Å². The molecule has 9 aromatic carbocycles. The van der Waals surface area contributed by atoms with Gasteiger partial charge in [0, 0.05) is 77.4 Å². The van der Waals surface area contributed by atoms with Crippen molar-refractivity contribution in [3.63, 3.8) is 0 Å². The van der Waals surface area contributed by atoms with Gasteiger partial charge in [-0.1, -0.05) is 187 Å². The maximum absolute atomic E-state index is 7.63. The van der Waals surface area contributed by atoms with Gasteiger partial charge >= 0.3 is 0 Å². The molecule has 2 nitrogen and oxygen atoms in total. The molecule has 0 spiro atoms. The lowest BCUT2D eigenvalue weighted by molar-refractivity contribution is 1.58. The van der Waals surface area contributed by atoms with Gasteiger partial charge in [0.2, 0.25) is 0 Å². The average molecular weight is 713 g/mol. The Morgan fingerprint density at radius 1 is 0.286 bits per heavy atom. The van der Waals surface area contributed by atoms with Gasteiger partial charge in [0.1, 0.15) is 0 Å². The minimum absolute atomic E-state index is 0.663. The summed E-state index contributed by atoms with van der Waals surface area (Å²) in [5.74, 6) is 14.6. The van der Waals surface area contributed by atoms with Crippen LogP contribution < -0.4 is 11.5 Å². The Labute approximate surface area is 327 Å². The molecule has 9 aromatic rings. The lowest BCUT2D eigenvalue weighted by Crippen LogP contribution is -2.04. The predicted octanol–water partition coefficient (Wildman–Crippen LogP) is 12.6. The van der Waals surface area contributed by atoms with Crippen molar-refractivity contribution in [2.75, 3.05) is 11.5 Å². The number of benzene rings is 9. The highest BCUT2D eigenvalue weighted by Gasteiger charge is 2.28. The van der Waals surface area contributed by atoms with Gasteiger partial charge in [-0.05, 0) is 52.6 Å². The van der Waals surface area contributed by atoms with Crippen LogP contribution in [0.25, 0.3) is 66.1 Å². The molecule has 0 unspecified atom stereocenters. The van der Waals surface area contributed by atoms with Crippen molar-refractivity contribution in [3.8, 4) is 68.2 Å². The van der Waals surface area contributed by atoms with Crippen LogP contribution in [-0.4, -0.2) is 0 Å². The summed E-state index contributed by atoms with van der Waals surface area (Å²) in [5, 5.41) is 3.82. The summed E-state index contributed by atoms with van der Waals surface area (Å²) in [6, 6.07) is 66.2. The van der Waals surface area contributed by atoms with Crippen LogP contribution >= 0.6 is 0 Å². The molecule has 0 amide bonds. The van der Waals surface area contributed by atoms with Crippen molar-refractivity contribution >= 4 is 32.9 Å². The van der Waals surface area contributed by atoms with E-state index in [1.807, 2.05) is 91.0 Å². The smallest absolute Gasteiger partial charge is 0.0486 e. The second-order valence-corrected chi connectivity index (χ2v) is 13.7. The monoisotopic (exact) mass is 712 g/mol. The van der Waals surface area contributed by atoms with E-state index in [2.05, 4.69) is 127 Å². The number of nitrogen functional groups attached to an aromatic ring is 2. The fourth-order valence-electron chi connectivity index (χ4n) is 7.80. The molecule has 0 heterocycles. The van der Waals surface area contributed by atoms with Gasteiger partial charge in [0.25, 0.3) is 0 Å².